The Hall–Kier alpha value is -0.340. The first-order valence-corrected chi connectivity index (χ1v) is 8.25. The zero-order chi connectivity index (χ0) is 14.0. The molecule has 1 fully saturated rings. The van der Waals surface area contributed by atoms with E-state index in [4.69, 9.17) is 0 Å². The fraction of sp³-hybridized carbons (Fsp3) is 0.647. The van der Waals surface area contributed by atoms with Gasteiger partial charge in [0.05, 0.1) is 5.60 Å². The van der Waals surface area contributed by atoms with Crippen LogP contribution in [0.5, 0.6) is 0 Å². The van der Waals surface area contributed by atoms with E-state index >= 15 is 0 Å². The molecule has 1 saturated carbocycles. The maximum atomic E-state index is 11.2. The third-order valence-electron chi connectivity index (χ3n) is 5.14. The lowest BCUT2D eigenvalue weighted by atomic mass is 9.66. The van der Waals surface area contributed by atoms with Crippen LogP contribution in [-0.4, -0.2) is 5.11 Å². The van der Waals surface area contributed by atoms with Crippen molar-refractivity contribution in [1.29, 1.82) is 0 Å². The SMILES string of the molecule is CCC(O)(c1cccc(Br)c1)C1CCC(C)C(C)C1. The average Bonchev–Trinajstić information content (AvgIpc) is 2.41. The standard InChI is InChI=1S/C17H25BrO/c1-4-17(19,14-6-5-7-16(18)11-14)15-9-8-12(2)13(3)10-15/h5-7,11-13,15,19H,4,8-10H2,1-3H3. The van der Waals surface area contributed by atoms with E-state index in [2.05, 4.69) is 48.8 Å². The van der Waals surface area contributed by atoms with E-state index in [1.807, 2.05) is 12.1 Å². The molecule has 0 aromatic heterocycles. The quantitative estimate of drug-likeness (QED) is 0.818. The van der Waals surface area contributed by atoms with E-state index < -0.39 is 5.60 Å². The van der Waals surface area contributed by atoms with Gasteiger partial charge in [-0.1, -0.05) is 55.3 Å². The molecule has 1 nitrogen and oxygen atoms in total. The summed E-state index contributed by atoms with van der Waals surface area (Å²) in [5.74, 6) is 1.89. The van der Waals surface area contributed by atoms with Gasteiger partial charge in [-0.05, 0) is 54.7 Å². The molecule has 2 heteroatoms. The normalized spacial score (nSPS) is 30.9. The summed E-state index contributed by atoms with van der Waals surface area (Å²) in [5.41, 5.74) is 0.397. The summed E-state index contributed by atoms with van der Waals surface area (Å²) in [6, 6.07) is 8.18. The summed E-state index contributed by atoms with van der Waals surface area (Å²) in [4.78, 5) is 0. The Balaban J connectivity index is 2.27. The van der Waals surface area contributed by atoms with E-state index in [1.54, 1.807) is 0 Å². The summed E-state index contributed by atoms with van der Waals surface area (Å²) in [6.45, 7) is 6.77. The highest BCUT2D eigenvalue weighted by Crippen LogP contribution is 2.45. The Kier molecular flexibility index (Phi) is 4.73. The second kappa shape index (κ2) is 5.97. The minimum atomic E-state index is -0.668. The largest absolute Gasteiger partial charge is 0.385 e. The predicted octanol–water partition coefficient (Wildman–Crippen LogP) is 5.12. The number of rotatable bonds is 3. The van der Waals surface area contributed by atoms with E-state index in [-0.39, 0.29) is 0 Å². The number of hydrogen-bond acceptors (Lipinski definition) is 1. The first-order valence-electron chi connectivity index (χ1n) is 7.45. The zero-order valence-electron chi connectivity index (χ0n) is 12.2. The van der Waals surface area contributed by atoms with Crippen LogP contribution in [0.1, 0.15) is 52.0 Å². The van der Waals surface area contributed by atoms with Crippen LogP contribution in [0.2, 0.25) is 0 Å². The molecule has 4 unspecified atom stereocenters. The first-order chi connectivity index (χ1) is 8.97. The highest BCUT2D eigenvalue weighted by Gasteiger charge is 2.40. The highest BCUT2D eigenvalue weighted by atomic mass is 79.9. The number of hydrogen-bond donors (Lipinski definition) is 1. The fourth-order valence-corrected chi connectivity index (χ4v) is 3.87. The Bertz CT molecular complexity index is 431. The van der Waals surface area contributed by atoms with Gasteiger partial charge in [-0.15, -0.1) is 0 Å². The minimum Gasteiger partial charge on any atom is -0.385 e. The molecule has 0 heterocycles. The summed E-state index contributed by atoms with van der Waals surface area (Å²) in [7, 11) is 0. The average molecular weight is 325 g/mol. The van der Waals surface area contributed by atoms with Crippen molar-refractivity contribution in [2.75, 3.05) is 0 Å². The van der Waals surface area contributed by atoms with Gasteiger partial charge in [0.15, 0.2) is 0 Å². The van der Waals surface area contributed by atoms with Crippen LogP contribution in [0, 0.1) is 17.8 Å². The molecule has 1 aromatic carbocycles. The molecular weight excluding hydrogens is 300 g/mol. The van der Waals surface area contributed by atoms with Gasteiger partial charge < -0.3 is 5.11 Å². The highest BCUT2D eigenvalue weighted by molar-refractivity contribution is 9.10. The van der Waals surface area contributed by atoms with Crippen molar-refractivity contribution >= 4 is 15.9 Å². The molecule has 1 aromatic rings. The van der Waals surface area contributed by atoms with Gasteiger partial charge in [-0.25, -0.2) is 0 Å². The summed E-state index contributed by atoms with van der Waals surface area (Å²) >= 11 is 3.52. The van der Waals surface area contributed by atoms with E-state index in [0.717, 1.165) is 35.2 Å². The maximum Gasteiger partial charge on any atom is 0.0922 e. The smallest absolute Gasteiger partial charge is 0.0922 e. The van der Waals surface area contributed by atoms with E-state index in [1.165, 1.54) is 6.42 Å². The molecule has 4 atom stereocenters. The van der Waals surface area contributed by atoms with E-state index in [0.29, 0.717) is 11.8 Å². The van der Waals surface area contributed by atoms with Gasteiger partial charge >= 0.3 is 0 Å². The topological polar surface area (TPSA) is 20.2 Å². The molecule has 1 N–H and O–H groups in total. The van der Waals surface area contributed by atoms with Gasteiger partial charge in [0.1, 0.15) is 0 Å². The van der Waals surface area contributed by atoms with Gasteiger partial charge in [-0.2, -0.15) is 0 Å². The molecule has 2 rings (SSSR count). The van der Waals surface area contributed by atoms with Crippen LogP contribution in [0.25, 0.3) is 0 Å². The summed E-state index contributed by atoms with van der Waals surface area (Å²) in [6.07, 6.45) is 4.30. The fourth-order valence-electron chi connectivity index (χ4n) is 3.47. The number of aliphatic hydroxyl groups is 1. The van der Waals surface area contributed by atoms with Crippen molar-refractivity contribution in [2.45, 2.75) is 52.1 Å². The van der Waals surface area contributed by atoms with Crippen molar-refractivity contribution in [3.05, 3.63) is 34.3 Å². The Morgan fingerprint density at radius 2 is 2.00 bits per heavy atom. The van der Waals surface area contributed by atoms with Gasteiger partial charge in [-0.3, -0.25) is 0 Å². The monoisotopic (exact) mass is 324 g/mol. The molecule has 0 amide bonds. The van der Waals surface area contributed by atoms with Crippen molar-refractivity contribution in [3.8, 4) is 0 Å². The summed E-state index contributed by atoms with van der Waals surface area (Å²) in [5, 5.41) is 11.2. The Morgan fingerprint density at radius 3 is 2.58 bits per heavy atom. The van der Waals surface area contributed by atoms with Crippen LogP contribution in [0.4, 0.5) is 0 Å². The van der Waals surface area contributed by atoms with Gasteiger partial charge in [0, 0.05) is 4.47 Å². The van der Waals surface area contributed by atoms with Crippen LogP contribution < -0.4 is 0 Å². The van der Waals surface area contributed by atoms with Crippen molar-refractivity contribution in [2.24, 2.45) is 17.8 Å². The third-order valence-corrected chi connectivity index (χ3v) is 5.63. The predicted molar refractivity (Wildman–Crippen MR) is 84.0 cm³/mol. The van der Waals surface area contributed by atoms with Crippen LogP contribution >= 0.6 is 15.9 Å². The third kappa shape index (κ3) is 3.05. The number of benzene rings is 1. The molecular formula is C17H25BrO. The van der Waals surface area contributed by atoms with Crippen LogP contribution in [0.3, 0.4) is 0 Å². The maximum absolute atomic E-state index is 11.2. The van der Waals surface area contributed by atoms with E-state index in [9.17, 15) is 5.11 Å². The van der Waals surface area contributed by atoms with Crippen molar-refractivity contribution in [3.63, 3.8) is 0 Å². The molecule has 106 valence electrons. The molecule has 0 radical (unpaired) electrons. The molecule has 19 heavy (non-hydrogen) atoms. The lowest BCUT2D eigenvalue weighted by molar-refractivity contribution is -0.0559. The Morgan fingerprint density at radius 1 is 1.26 bits per heavy atom. The molecule has 1 aliphatic rings. The van der Waals surface area contributed by atoms with Crippen molar-refractivity contribution < 1.29 is 5.11 Å². The van der Waals surface area contributed by atoms with Gasteiger partial charge in [0.25, 0.3) is 0 Å². The molecule has 0 bridgehead atoms. The van der Waals surface area contributed by atoms with Gasteiger partial charge in [0.2, 0.25) is 0 Å². The second-order valence-electron chi connectivity index (χ2n) is 6.25. The number of halogens is 1. The lowest BCUT2D eigenvalue weighted by Gasteiger charge is -2.42. The molecule has 0 saturated heterocycles. The summed E-state index contributed by atoms with van der Waals surface area (Å²) < 4.78 is 1.05. The lowest BCUT2D eigenvalue weighted by Crippen LogP contribution is -2.39. The first kappa shape index (κ1) is 15.1. The minimum absolute atomic E-state index is 0.387. The van der Waals surface area contributed by atoms with Crippen LogP contribution in [0.15, 0.2) is 28.7 Å². The van der Waals surface area contributed by atoms with Crippen LogP contribution in [-0.2, 0) is 5.60 Å². The Labute approximate surface area is 125 Å². The second-order valence-corrected chi connectivity index (χ2v) is 7.17. The van der Waals surface area contributed by atoms with Crippen molar-refractivity contribution in [1.82, 2.24) is 0 Å². The zero-order valence-corrected chi connectivity index (χ0v) is 13.8. The molecule has 1 aliphatic carbocycles. The molecule has 0 aliphatic heterocycles. The molecule has 0 spiro atoms.